The summed E-state index contributed by atoms with van der Waals surface area (Å²) >= 11 is 1.88. The molecule has 0 aliphatic heterocycles. The number of aliphatic carboxylic acids is 1. The van der Waals surface area contributed by atoms with Crippen molar-refractivity contribution in [3.8, 4) is 0 Å². The van der Waals surface area contributed by atoms with Crippen molar-refractivity contribution in [3.63, 3.8) is 0 Å². The van der Waals surface area contributed by atoms with Crippen LogP contribution < -0.4 is 5.32 Å². The predicted molar refractivity (Wildman–Crippen MR) is 59.7 cm³/mol. The molecule has 82 valence electrons. The van der Waals surface area contributed by atoms with E-state index in [1.165, 1.54) is 0 Å². The molecule has 2 N–H and O–H groups in total. The van der Waals surface area contributed by atoms with Crippen LogP contribution in [-0.4, -0.2) is 33.2 Å². The van der Waals surface area contributed by atoms with Gasteiger partial charge in [0.25, 0.3) is 0 Å². The molecule has 0 heterocycles. The number of hydrogen-bond donors (Lipinski definition) is 2. The number of ether oxygens (including phenoxy) is 1. The van der Waals surface area contributed by atoms with Crippen molar-refractivity contribution in [2.24, 2.45) is 0 Å². The van der Waals surface area contributed by atoms with Crippen LogP contribution in [0.3, 0.4) is 0 Å². The Morgan fingerprint density at radius 2 is 2.00 bits per heavy atom. The van der Waals surface area contributed by atoms with Crippen molar-refractivity contribution in [2.45, 2.75) is 32.4 Å². The fraction of sp³-hybridized carbons (Fsp3) is 0.750. The van der Waals surface area contributed by atoms with E-state index in [9.17, 15) is 9.59 Å². The number of amides is 1. The fourth-order valence-corrected chi connectivity index (χ4v) is 1.21. The Kier molecular flexibility index (Phi) is 5.17. The first kappa shape index (κ1) is 13.5. The quantitative estimate of drug-likeness (QED) is 0.610. The van der Waals surface area contributed by atoms with Gasteiger partial charge in [-0.1, -0.05) is 22.6 Å². The van der Waals surface area contributed by atoms with Crippen LogP contribution >= 0.6 is 22.6 Å². The van der Waals surface area contributed by atoms with E-state index in [1.807, 2.05) is 22.6 Å². The Bertz CT molecular complexity index is 224. The molecular formula is C8H14INO4. The zero-order valence-corrected chi connectivity index (χ0v) is 10.5. The Balaban J connectivity index is 4.11. The monoisotopic (exact) mass is 315 g/mol. The summed E-state index contributed by atoms with van der Waals surface area (Å²) in [4.78, 5) is 21.7. The van der Waals surface area contributed by atoms with Crippen molar-refractivity contribution in [2.75, 3.05) is 4.43 Å². The number of carboxylic acid groups (broad SMARTS) is 1. The van der Waals surface area contributed by atoms with E-state index in [0.29, 0.717) is 4.43 Å². The number of alkyl halides is 1. The molecule has 0 aromatic rings. The van der Waals surface area contributed by atoms with E-state index in [2.05, 4.69) is 5.32 Å². The molecule has 0 bridgehead atoms. The van der Waals surface area contributed by atoms with Gasteiger partial charge in [0.1, 0.15) is 11.6 Å². The highest BCUT2D eigenvalue weighted by Crippen LogP contribution is 2.07. The van der Waals surface area contributed by atoms with Gasteiger partial charge in [-0.15, -0.1) is 0 Å². The molecule has 0 aliphatic rings. The van der Waals surface area contributed by atoms with E-state index in [4.69, 9.17) is 9.84 Å². The minimum absolute atomic E-state index is 0.298. The Hall–Kier alpha value is -0.530. The third kappa shape index (κ3) is 6.01. The molecular weight excluding hydrogens is 301 g/mol. The summed E-state index contributed by atoms with van der Waals surface area (Å²) in [6.45, 7) is 5.14. The van der Waals surface area contributed by atoms with E-state index in [1.54, 1.807) is 20.8 Å². The lowest BCUT2D eigenvalue weighted by Gasteiger charge is -2.21. The van der Waals surface area contributed by atoms with Crippen LogP contribution in [-0.2, 0) is 9.53 Å². The average molecular weight is 315 g/mol. The number of carboxylic acids is 1. The summed E-state index contributed by atoms with van der Waals surface area (Å²) in [5.41, 5.74) is -0.613. The number of nitrogens with one attached hydrogen (secondary N) is 1. The predicted octanol–water partition coefficient (Wildman–Crippen LogP) is 1.40. The molecule has 0 saturated carbocycles. The highest BCUT2D eigenvalue weighted by atomic mass is 127. The van der Waals surface area contributed by atoms with Crippen LogP contribution in [0.25, 0.3) is 0 Å². The first-order valence-electron chi connectivity index (χ1n) is 4.04. The molecule has 0 aromatic carbocycles. The lowest BCUT2D eigenvalue weighted by atomic mass is 10.2. The van der Waals surface area contributed by atoms with E-state index >= 15 is 0 Å². The van der Waals surface area contributed by atoms with E-state index in [0.717, 1.165) is 0 Å². The van der Waals surface area contributed by atoms with Gasteiger partial charge in [0.15, 0.2) is 0 Å². The Morgan fingerprint density at radius 3 is 2.29 bits per heavy atom. The molecule has 5 nitrogen and oxygen atoms in total. The van der Waals surface area contributed by atoms with Gasteiger partial charge in [0.05, 0.1) is 0 Å². The van der Waals surface area contributed by atoms with Gasteiger partial charge in [-0.2, -0.15) is 0 Å². The molecule has 1 atom stereocenters. The zero-order chi connectivity index (χ0) is 11.4. The average Bonchev–Trinajstić information content (AvgIpc) is 1.96. The molecule has 1 unspecified atom stereocenters. The second-order valence-corrected chi connectivity index (χ2v) is 4.57. The number of hydrogen-bond acceptors (Lipinski definition) is 3. The standard InChI is InChI=1S/C8H14INO4/c1-8(2,3)14-7(13)10-5(4-9)6(11)12/h5H,4H2,1-3H3,(H,10,13)(H,11,12). The van der Waals surface area contributed by atoms with Gasteiger partial charge in [0.2, 0.25) is 0 Å². The maximum atomic E-state index is 11.1. The molecule has 1 amide bonds. The largest absolute Gasteiger partial charge is 0.480 e. The lowest BCUT2D eigenvalue weighted by Crippen LogP contribution is -2.44. The maximum Gasteiger partial charge on any atom is 0.408 e. The highest BCUT2D eigenvalue weighted by Gasteiger charge is 2.22. The van der Waals surface area contributed by atoms with Crippen molar-refractivity contribution in [3.05, 3.63) is 0 Å². The number of carbonyl (C=O) groups excluding carboxylic acids is 1. The zero-order valence-electron chi connectivity index (χ0n) is 8.33. The maximum absolute atomic E-state index is 11.1. The highest BCUT2D eigenvalue weighted by molar-refractivity contribution is 14.1. The molecule has 0 radical (unpaired) electrons. The molecule has 0 aromatic heterocycles. The summed E-state index contributed by atoms with van der Waals surface area (Å²) in [6.07, 6.45) is -0.707. The number of carbonyl (C=O) groups is 2. The van der Waals surface area contributed by atoms with E-state index < -0.39 is 23.7 Å². The van der Waals surface area contributed by atoms with Gasteiger partial charge in [-0.3, -0.25) is 0 Å². The molecule has 0 fully saturated rings. The minimum atomic E-state index is -1.06. The smallest absolute Gasteiger partial charge is 0.408 e. The van der Waals surface area contributed by atoms with Crippen LogP contribution in [0.2, 0.25) is 0 Å². The number of halogens is 1. The van der Waals surface area contributed by atoms with Crippen molar-refractivity contribution >= 4 is 34.7 Å². The first-order valence-corrected chi connectivity index (χ1v) is 5.57. The molecule has 0 spiro atoms. The van der Waals surface area contributed by atoms with Crippen molar-refractivity contribution in [1.29, 1.82) is 0 Å². The molecule has 6 heteroatoms. The Morgan fingerprint density at radius 1 is 1.50 bits per heavy atom. The van der Waals surface area contributed by atoms with Crippen LogP contribution in [0.15, 0.2) is 0 Å². The van der Waals surface area contributed by atoms with Gasteiger partial charge in [0, 0.05) is 4.43 Å². The minimum Gasteiger partial charge on any atom is -0.480 e. The van der Waals surface area contributed by atoms with Crippen molar-refractivity contribution in [1.82, 2.24) is 5.32 Å². The summed E-state index contributed by atoms with van der Waals surface area (Å²) in [7, 11) is 0. The van der Waals surface area contributed by atoms with Crippen LogP contribution in [0.5, 0.6) is 0 Å². The summed E-state index contributed by atoms with van der Waals surface area (Å²) in [6, 6.07) is -0.898. The SMILES string of the molecule is CC(C)(C)OC(=O)NC(CI)C(=O)O. The second kappa shape index (κ2) is 5.38. The van der Waals surface area contributed by atoms with Crippen LogP contribution in [0.1, 0.15) is 20.8 Å². The van der Waals surface area contributed by atoms with Gasteiger partial charge in [-0.25, -0.2) is 9.59 Å². The summed E-state index contributed by atoms with van der Waals surface area (Å²) in [5.74, 6) is -1.06. The van der Waals surface area contributed by atoms with Crippen LogP contribution in [0, 0.1) is 0 Å². The number of alkyl carbamates (subject to hydrolysis) is 1. The van der Waals surface area contributed by atoms with E-state index in [-0.39, 0.29) is 0 Å². The third-order valence-electron chi connectivity index (χ3n) is 1.14. The fourth-order valence-electron chi connectivity index (χ4n) is 0.616. The molecule has 0 saturated heterocycles. The van der Waals surface area contributed by atoms with Gasteiger partial charge >= 0.3 is 12.1 Å². The second-order valence-electron chi connectivity index (χ2n) is 3.69. The Labute approximate surface area is 96.3 Å². The summed E-state index contributed by atoms with van der Waals surface area (Å²) < 4.78 is 5.20. The topological polar surface area (TPSA) is 75.6 Å². The van der Waals surface area contributed by atoms with Gasteiger partial charge in [-0.05, 0) is 20.8 Å². The number of rotatable bonds is 3. The van der Waals surface area contributed by atoms with Crippen molar-refractivity contribution < 1.29 is 19.4 Å². The normalized spacial score (nSPS) is 13.1. The van der Waals surface area contributed by atoms with Gasteiger partial charge < -0.3 is 15.2 Å². The summed E-state index contributed by atoms with van der Waals surface area (Å²) in [5, 5.41) is 10.9. The van der Waals surface area contributed by atoms with Crippen LogP contribution in [0.4, 0.5) is 4.79 Å². The molecule has 0 aliphatic carbocycles. The molecule has 0 rings (SSSR count). The third-order valence-corrected chi connectivity index (χ3v) is 2.02. The molecule has 14 heavy (non-hydrogen) atoms. The first-order chi connectivity index (χ1) is 6.26. The lowest BCUT2D eigenvalue weighted by molar-refractivity contribution is -0.138.